The number of carbonyl (C=O) groups is 2. The van der Waals surface area contributed by atoms with E-state index in [1.165, 1.54) is 22.7 Å². The molecule has 164 valence electrons. The highest BCUT2D eigenvalue weighted by molar-refractivity contribution is 7.88. The van der Waals surface area contributed by atoms with Crippen LogP contribution in [-0.4, -0.2) is 63.7 Å². The Morgan fingerprint density at radius 1 is 1.33 bits per heavy atom. The van der Waals surface area contributed by atoms with Crippen LogP contribution in [0, 0.1) is 0 Å². The monoisotopic (exact) mass is 471 g/mol. The van der Waals surface area contributed by atoms with Gasteiger partial charge in [0.25, 0.3) is 0 Å². The van der Waals surface area contributed by atoms with E-state index < -0.39 is 16.0 Å². The van der Waals surface area contributed by atoms with E-state index >= 15 is 0 Å². The van der Waals surface area contributed by atoms with Crippen molar-refractivity contribution in [2.24, 2.45) is 0 Å². The SMILES string of the molecule is CCOC(=O)c1c(-c2cccs2)csc1NC(=O)CN1CCCC(NS(C)(=O)=O)C1. The third kappa shape index (κ3) is 6.11. The molecule has 0 aliphatic carbocycles. The van der Waals surface area contributed by atoms with E-state index in [1.807, 2.05) is 27.8 Å². The number of thiophene rings is 2. The van der Waals surface area contributed by atoms with Crippen molar-refractivity contribution in [3.05, 3.63) is 28.5 Å². The Balaban J connectivity index is 1.70. The first-order valence-electron chi connectivity index (χ1n) is 9.58. The molecule has 1 saturated heterocycles. The van der Waals surface area contributed by atoms with E-state index in [-0.39, 0.29) is 25.1 Å². The molecule has 0 spiro atoms. The predicted octanol–water partition coefficient (Wildman–Crippen LogP) is 2.61. The molecule has 0 bridgehead atoms. The number of rotatable bonds is 8. The number of anilines is 1. The minimum Gasteiger partial charge on any atom is -0.462 e. The third-order valence-corrected chi connectivity index (χ3v) is 7.12. The van der Waals surface area contributed by atoms with Crippen molar-refractivity contribution in [3.8, 4) is 10.4 Å². The van der Waals surface area contributed by atoms with Crippen LogP contribution in [0.1, 0.15) is 30.1 Å². The van der Waals surface area contributed by atoms with Crippen molar-refractivity contribution in [2.45, 2.75) is 25.8 Å². The average molecular weight is 472 g/mol. The number of likely N-dealkylation sites (tertiary alicyclic amines) is 1. The number of sulfonamides is 1. The normalized spacial score (nSPS) is 17.6. The molecule has 2 aromatic heterocycles. The van der Waals surface area contributed by atoms with Gasteiger partial charge in [-0.05, 0) is 37.8 Å². The van der Waals surface area contributed by atoms with Crippen LogP contribution >= 0.6 is 22.7 Å². The molecule has 0 radical (unpaired) electrons. The highest BCUT2D eigenvalue weighted by Crippen LogP contribution is 2.38. The molecule has 0 aromatic carbocycles. The largest absolute Gasteiger partial charge is 0.462 e. The number of esters is 1. The number of nitrogens with zero attached hydrogens (tertiary/aromatic N) is 1. The summed E-state index contributed by atoms with van der Waals surface area (Å²) in [5.74, 6) is -0.715. The van der Waals surface area contributed by atoms with E-state index in [4.69, 9.17) is 4.74 Å². The van der Waals surface area contributed by atoms with Crippen LogP contribution < -0.4 is 10.0 Å². The molecule has 0 saturated carbocycles. The minimum atomic E-state index is -3.29. The van der Waals surface area contributed by atoms with Crippen LogP contribution in [0.4, 0.5) is 5.00 Å². The van der Waals surface area contributed by atoms with Gasteiger partial charge in [-0.2, -0.15) is 0 Å². The lowest BCUT2D eigenvalue weighted by atomic mass is 10.1. The zero-order valence-corrected chi connectivity index (χ0v) is 19.3. The zero-order valence-electron chi connectivity index (χ0n) is 16.8. The molecule has 1 aliphatic heterocycles. The molecule has 2 N–H and O–H groups in total. The van der Waals surface area contributed by atoms with Gasteiger partial charge < -0.3 is 10.1 Å². The van der Waals surface area contributed by atoms with Gasteiger partial charge in [-0.3, -0.25) is 9.69 Å². The Kier molecular flexibility index (Phi) is 7.64. The van der Waals surface area contributed by atoms with Gasteiger partial charge in [0.15, 0.2) is 0 Å². The Morgan fingerprint density at radius 3 is 2.80 bits per heavy atom. The van der Waals surface area contributed by atoms with Gasteiger partial charge >= 0.3 is 5.97 Å². The quantitative estimate of drug-likeness (QED) is 0.574. The van der Waals surface area contributed by atoms with Crippen LogP contribution in [0.5, 0.6) is 0 Å². The summed E-state index contributed by atoms with van der Waals surface area (Å²) < 4.78 is 30.8. The highest BCUT2D eigenvalue weighted by atomic mass is 32.2. The molecular formula is C19H25N3O5S3. The van der Waals surface area contributed by atoms with Crippen molar-refractivity contribution in [2.75, 3.05) is 37.8 Å². The number of ether oxygens (including phenoxy) is 1. The molecule has 2 aromatic rings. The Hall–Kier alpha value is -1.79. The second-order valence-electron chi connectivity index (χ2n) is 7.06. The molecule has 3 rings (SSSR count). The molecule has 1 fully saturated rings. The molecule has 3 heterocycles. The molecule has 1 amide bonds. The first-order valence-corrected chi connectivity index (χ1v) is 13.2. The third-order valence-electron chi connectivity index (χ3n) is 4.56. The summed E-state index contributed by atoms with van der Waals surface area (Å²) in [6.45, 7) is 3.29. The standard InChI is InChI=1S/C19H25N3O5S3/c1-3-27-19(24)17-14(15-7-5-9-28-15)12-29-18(17)20-16(23)11-22-8-4-6-13(10-22)21-30(2,25)26/h5,7,9,12-13,21H,3-4,6,8,10-11H2,1-2H3,(H,20,23). The van der Waals surface area contributed by atoms with Crippen molar-refractivity contribution >= 4 is 49.6 Å². The van der Waals surface area contributed by atoms with Gasteiger partial charge in [-0.1, -0.05) is 6.07 Å². The van der Waals surface area contributed by atoms with Crippen LogP contribution in [0.15, 0.2) is 22.9 Å². The molecular weight excluding hydrogens is 446 g/mol. The van der Waals surface area contributed by atoms with Gasteiger partial charge in [-0.25, -0.2) is 17.9 Å². The zero-order chi connectivity index (χ0) is 21.7. The summed E-state index contributed by atoms with van der Waals surface area (Å²) in [6, 6.07) is 3.62. The molecule has 8 nitrogen and oxygen atoms in total. The minimum absolute atomic E-state index is 0.121. The van der Waals surface area contributed by atoms with Gasteiger partial charge in [0.1, 0.15) is 10.6 Å². The number of nitrogens with one attached hydrogen (secondary N) is 2. The fourth-order valence-electron chi connectivity index (χ4n) is 3.44. The maximum Gasteiger partial charge on any atom is 0.341 e. The predicted molar refractivity (Wildman–Crippen MR) is 120 cm³/mol. The van der Waals surface area contributed by atoms with Crippen LogP contribution in [-0.2, 0) is 19.6 Å². The lowest BCUT2D eigenvalue weighted by molar-refractivity contribution is -0.117. The van der Waals surface area contributed by atoms with Crippen LogP contribution in [0.2, 0.25) is 0 Å². The lowest BCUT2D eigenvalue weighted by Crippen LogP contribution is -2.49. The maximum atomic E-state index is 12.7. The van der Waals surface area contributed by atoms with Crippen molar-refractivity contribution in [1.29, 1.82) is 0 Å². The lowest BCUT2D eigenvalue weighted by Gasteiger charge is -2.32. The number of carbonyl (C=O) groups excluding carboxylic acids is 2. The molecule has 30 heavy (non-hydrogen) atoms. The first-order chi connectivity index (χ1) is 14.3. The number of piperidine rings is 1. The van der Waals surface area contributed by atoms with E-state index in [0.29, 0.717) is 23.7 Å². The average Bonchev–Trinajstić information content (AvgIpc) is 3.30. The fraction of sp³-hybridized carbons (Fsp3) is 0.474. The number of hydrogen-bond acceptors (Lipinski definition) is 8. The van der Waals surface area contributed by atoms with E-state index in [2.05, 4.69) is 10.0 Å². The van der Waals surface area contributed by atoms with Crippen molar-refractivity contribution in [1.82, 2.24) is 9.62 Å². The topological polar surface area (TPSA) is 105 Å². The second-order valence-corrected chi connectivity index (χ2v) is 10.7. The van der Waals surface area contributed by atoms with E-state index in [9.17, 15) is 18.0 Å². The summed E-state index contributed by atoms with van der Waals surface area (Å²) in [5, 5.41) is 7.08. The Bertz CT molecular complexity index is 985. The summed E-state index contributed by atoms with van der Waals surface area (Å²) in [7, 11) is -3.29. The summed E-state index contributed by atoms with van der Waals surface area (Å²) in [4.78, 5) is 28.1. The summed E-state index contributed by atoms with van der Waals surface area (Å²) in [6.07, 6.45) is 2.68. The second kappa shape index (κ2) is 10.0. The number of amides is 1. The summed E-state index contributed by atoms with van der Waals surface area (Å²) >= 11 is 2.80. The molecule has 1 aliphatic rings. The van der Waals surface area contributed by atoms with Crippen LogP contribution in [0.3, 0.4) is 0 Å². The molecule has 1 unspecified atom stereocenters. The fourth-order valence-corrected chi connectivity index (χ4v) is 6.02. The highest BCUT2D eigenvalue weighted by Gasteiger charge is 2.26. The summed E-state index contributed by atoms with van der Waals surface area (Å²) in [5.41, 5.74) is 1.12. The van der Waals surface area contributed by atoms with E-state index in [0.717, 1.165) is 29.5 Å². The van der Waals surface area contributed by atoms with Crippen molar-refractivity contribution < 1.29 is 22.7 Å². The Labute approximate surface area is 184 Å². The van der Waals surface area contributed by atoms with Crippen molar-refractivity contribution in [3.63, 3.8) is 0 Å². The smallest absolute Gasteiger partial charge is 0.341 e. The van der Waals surface area contributed by atoms with Gasteiger partial charge in [0.2, 0.25) is 15.9 Å². The number of hydrogen-bond donors (Lipinski definition) is 2. The van der Waals surface area contributed by atoms with E-state index in [1.54, 1.807) is 6.92 Å². The molecule has 11 heteroatoms. The van der Waals surface area contributed by atoms with Gasteiger partial charge in [-0.15, -0.1) is 22.7 Å². The van der Waals surface area contributed by atoms with Gasteiger partial charge in [0.05, 0.1) is 19.4 Å². The Morgan fingerprint density at radius 2 is 2.13 bits per heavy atom. The first kappa shape index (κ1) is 22.9. The molecule has 1 atom stereocenters. The maximum absolute atomic E-state index is 12.7. The van der Waals surface area contributed by atoms with Crippen LogP contribution in [0.25, 0.3) is 10.4 Å². The van der Waals surface area contributed by atoms with Gasteiger partial charge in [0, 0.05) is 28.4 Å².